The third-order valence-corrected chi connectivity index (χ3v) is 2.50. The predicted octanol–water partition coefficient (Wildman–Crippen LogP) is 2.43. The zero-order chi connectivity index (χ0) is 14.0. The van der Waals surface area contributed by atoms with Crippen LogP contribution in [0.3, 0.4) is 0 Å². The number of nitrogens with zero attached hydrogens (tertiary/aromatic N) is 1. The van der Waals surface area contributed by atoms with E-state index in [1.54, 1.807) is 13.8 Å². The fourth-order valence-corrected chi connectivity index (χ4v) is 1.48. The lowest BCUT2D eigenvalue weighted by Crippen LogP contribution is -2.32. The molecular formula is C11H11F4NO2. The van der Waals surface area contributed by atoms with E-state index in [1.165, 1.54) is 0 Å². The van der Waals surface area contributed by atoms with Crippen molar-refractivity contribution in [3.8, 4) is 5.75 Å². The van der Waals surface area contributed by atoms with Gasteiger partial charge in [-0.05, 0) is 13.8 Å². The lowest BCUT2D eigenvalue weighted by atomic mass is 10.1. The Morgan fingerprint density at radius 2 is 1.39 bits per heavy atom. The average Bonchev–Trinajstić information content (AvgIpc) is 2.36. The maximum Gasteiger partial charge on any atom is 0.260 e. The molecule has 100 valence electrons. The molecule has 0 atom stereocenters. The molecule has 1 rings (SSSR count). The number of benzene rings is 1. The molecule has 1 amide bonds. The van der Waals surface area contributed by atoms with Crippen molar-refractivity contribution in [1.29, 1.82) is 0 Å². The van der Waals surface area contributed by atoms with Crippen molar-refractivity contribution < 1.29 is 27.5 Å². The Labute approximate surface area is 101 Å². The zero-order valence-electron chi connectivity index (χ0n) is 9.73. The molecular weight excluding hydrogens is 254 g/mol. The molecule has 0 radical (unpaired) electrons. The molecule has 0 saturated heterocycles. The van der Waals surface area contributed by atoms with Gasteiger partial charge in [0, 0.05) is 13.1 Å². The van der Waals surface area contributed by atoms with E-state index in [9.17, 15) is 22.4 Å². The minimum absolute atomic E-state index is 0.123. The number of carbonyl (C=O) groups is 1. The first-order chi connectivity index (χ1) is 8.36. The second kappa shape index (κ2) is 5.24. The molecule has 0 fully saturated rings. The molecule has 3 nitrogen and oxygen atoms in total. The summed E-state index contributed by atoms with van der Waals surface area (Å²) in [6.07, 6.45) is 0. The maximum absolute atomic E-state index is 13.4. The van der Waals surface area contributed by atoms with E-state index >= 15 is 0 Å². The Hall–Kier alpha value is -1.79. The van der Waals surface area contributed by atoms with Crippen molar-refractivity contribution >= 4 is 5.91 Å². The van der Waals surface area contributed by atoms with Gasteiger partial charge >= 0.3 is 0 Å². The van der Waals surface area contributed by atoms with Crippen LogP contribution in [0.25, 0.3) is 0 Å². The summed E-state index contributed by atoms with van der Waals surface area (Å²) in [7, 11) is 0. The van der Waals surface area contributed by atoms with Crippen LogP contribution in [0.5, 0.6) is 5.75 Å². The van der Waals surface area contributed by atoms with E-state index in [1.807, 2.05) is 0 Å². The van der Waals surface area contributed by atoms with Crippen LogP contribution in [0, 0.1) is 23.3 Å². The Morgan fingerprint density at radius 1 is 1.00 bits per heavy atom. The fraction of sp³-hybridized carbons (Fsp3) is 0.364. The summed E-state index contributed by atoms with van der Waals surface area (Å²) < 4.78 is 52.9. The molecule has 0 aromatic heterocycles. The summed E-state index contributed by atoms with van der Waals surface area (Å²) in [4.78, 5) is 12.7. The molecule has 1 N–H and O–H groups in total. The standard InChI is InChI=1S/C11H11F4NO2/c1-3-16(4-2)11(18)5-6(12)8(14)10(17)9(15)7(5)13/h17H,3-4H2,1-2H3. The minimum Gasteiger partial charge on any atom is -0.503 e. The first kappa shape index (κ1) is 14.3. The van der Waals surface area contributed by atoms with Crippen LogP contribution >= 0.6 is 0 Å². The van der Waals surface area contributed by atoms with Crippen molar-refractivity contribution in [1.82, 2.24) is 4.90 Å². The van der Waals surface area contributed by atoms with E-state index in [2.05, 4.69) is 0 Å². The number of rotatable bonds is 3. The highest BCUT2D eigenvalue weighted by Gasteiger charge is 2.30. The molecule has 1 aromatic rings. The van der Waals surface area contributed by atoms with Gasteiger partial charge in [-0.3, -0.25) is 4.79 Å². The molecule has 0 saturated carbocycles. The molecule has 0 aliphatic rings. The number of hydrogen-bond acceptors (Lipinski definition) is 2. The van der Waals surface area contributed by atoms with Crippen LogP contribution in [0.2, 0.25) is 0 Å². The quantitative estimate of drug-likeness (QED) is 0.673. The Kier molecular flexibility index (Phi) is 4.15. The molecule has 18 heavy (non-hydrogen) atoms. The van der Waals surface area contributed by atoms with Crippen LogP contribution in [0.15, 0.2) is 0 Å². The van der Waals surface area contributed by atoms with Crippen LogP contribution in [0.4, 0.5) is 17.6 Å². The van der Waals surface area contributed by atoms with Gasteiger partial charge in [-0.25, -0.2) is 8.78 Å². The van der Waals surface area contributed by atoms with Gasteiger partial charge in [-0.1, -0.05) is 0 Å². The van der Waals surface area contributed by atoms with E-state index in [0.717, 1.165) is 4.90 Å². The van der Waals surface area contributed by atoms with Crippen LogP contribution in [0.1, 0.15) is 24.2 Å². The topological polar surface area (TPSA) is 40.5 Å². The third-order valence-electron chi connectivity index (χ3n) is 2.50. The van der Waals surface area contributed by atoms with Crippen LogP contribution in [-0.4, -0.2) is 29.0 Å². The number of phenolic OH excluding ortho intramolecular Hbond substituents is 1. The molecule has 0 aliphatic carbocycles. The van der Waals surface area contributed by atoms with Crippen molar-refractivity contribution in [2.24, 2.45) is 0 Å². The normalized spacial score (nSPS) is 10.6. The first-order valence-corrected chi connectivity index (χ1v) is 5.20. The highest BCUT2D eigenvalue weighted by atomic mass is 19.2. The number of hydrogen-bond donors (Lipinski definition) is 1. The summed E-state index contributed by atoms with van der Waals surface area (Å²) >= 11 is 0. The molecule has 1 aromatic carbocycles. The minimum atomic E-state index is -1.98. The summed E-state index contributed by atoms with van der Waals surface area (Å²) in [5.74, 6) is -10.7. The van der Waals surface area contributed by atoms with Gasteiger partial charge in [0.25, 0.3) is 5.91 Å². The lowest BCUT2D eigenvalue weighted by molar-refractivity contribution is 0.0760. The second-order valence-corrected chi connectivity index (χ2v) is 3.46. The molecule has 0 spiro atoms. The molecule has 0 unspecified atom stereocenters. The van der Waals surface area contributed by atoms with Gasteiger partial charge in [-0.15, -0.1) is 0 Å². The van der Waals surface area contributed by atoms with Gasteiger partial charge in [0.15, 0.2) is 17.4 Å². The summed E-state index contributed by atoms with van der Waals surface area (Å²) in [5, 5.41) is 8.77. The smallest absolute Gasteiger partial charge is 0.260 e. The van der Waals surface area contributed by atoms with Gasteiger partial charge in [0.1, 0.15) is 5.56 Å². The van der Waals surface area contributed by atoms with Crippen molar-refractivity contribution in [3.05, 3.63) is 28.8 Å². The Bertz CT molecular complexity index is 457. The van der Waals surface area contributed by atoms with Crippen molar-refractivity contribution in [3.63, 3.8) is 0 Å². The lowest BCUT2D eigenvalue weighted by Gasteiger charge is -2.19. The van der Waals surface area contributed by atoms with E-state index < -0.39 is 40.5 Å². The van der Waals surface area contributed by atoms with Gasteiger partial charge in [0.2, 0.25) is 11.6 Å². The Morgan fingerprint density at radius 3 is 1.72 bits per heavy atom. The third kappa shape index (κ3) is 2.12. The van der Waals surface area contributed by atoms with Crippen molar-refractivity contribution in [2.75, 3.05) is 13.1 Å². The maximum atomic E-state index is 13.4. The largest absolute Gasteiger partial charge is 0.503 e. The number of phenols is 1. The first-order valence-electron chi connectivity index (χ1n) is 5.20. The summed E-state index contributed by atoms with van der Waals surface area (Å²) in [6.45, 7) is 3.34. The Balaban J connectivity index is 3.46. The second-order valence-electron chi connectivity index (χ2n) is 3.46. The zero-order valence-corrected chi connectivity index (χ0v) is 9.73. The molecule has 7 heteroatoms. The van der Waals surface area contributed by atoms with Crippen molar-refractivity contribution in [2.45, 2.75) is 13.8 Å². The number of halogens is 4. The number of amides is 1. The van der Waals surface area contributed by atoms with E-state index in [0.29, 0.717) is 0 Å². The summed E-state index contributed by atoms with van der Waals surface area (Å²) in [6, 6.07) is 0. The van der Waals surface area contributed by atoms with Gasteiger partial charge in [0.05, 0.1) is 0 Å². The SMILES string of the molecule is CCN(CC)C(=O)c1c(F)c(F)c(O)c(F)c1F. The highest BCUT2D eigenvalue weighted by molar-refractivity contribution is 5.95. The number of aromatic hydroxyl groups is 1. The highest BCUT2D eigenvalue weighted by Crippen LogP contribution is 2.29. The predicted molar refractivity (Wildman–Crippen MR) is 55.2 cm³/mol. The van der Waals surface area contributed by atoms with E-state index in [4.69, 9.17) is 5.11 Å². The average molecular weight is 265 g/mol. The monoisotopic (exact) mass is 265 g/mol. The van der Waals surface area contributed by atoms with Gasteiger partial charge in [-0.2, -0.15) is 8.78 Å². The fourth-order valence-electron chi connectivity index (χ4n) is 1.48. The van der Waals surface area contributed by atoms with Crippen LogP contribution in [-0.2, 0) is 0 Å². The van der Waals surface area contributed by atoms with Crippen LogP contribution < -0.4 is 0 Å². The van der Waals surface area contributed by atoms with Gasteiger partial charge < -0.3 is 10.0 Å². The van der Waals surface area contributed by atoms with E-state index in [-0.39, 0.29) is 13.1 Å². The summed E-state index contributed by atoms with van der Waals surface area (Å²) in [5.41, 5.74) is -1.34. The molecule has 0 aliphatic heterocycles. The molecule has 0 bridgehead atoms. The number of carbonyl (C=O) groups excluding carboxylic acids is 1. The molecule has 0 heterocycles.